The second-order valence-electron chi connectivity index (χ2n) is 4.45. The van der Waals surface area contributed by atoms with E-state index in [0.717, 1.165) is 49.0 Å². The lowest BCUT2D eigenvalue weighted by atomic mass is 10.0. The van der Waals surface area contributed by atoms with E-state index in [9.17, 15) is 5.11 Å². The molecule has 4 nitrogen and oxygen atoms in total. The lowest BCUT2D eigenvalue weighted by molar-refractivity contribution is -0.0665. The molecule has 1 aromatic heterocycles. The average Bonchev–Trinajstić information content (AvgIpc) is 2.71. The first-order chi connectivity index (χ1) is 8.24. The predicted octanol–water partition coefficient (Wildman–Crippen LogP) is 2.66. The third-order valence-electron chi connectivity index (χ3n) is 3.12. The number of hydrogen-bond acceptors (Lipinski definition) is 3. The molecule has 0 aromatic carbocycles. The maximum Gasteiger partial charge on any atom is 0.123 e. The summed E-state index contributed by atoms with van der Waals surface area (Å²) in [5, 5.41) is 14.7. The molecule has 0 amide bonds. The van der Waals surface area contributed by atoms with Crippen LogP contribution in [0.2, 0.25) is 0 Å². The zero-order chi connectivity index (χ0) is 12.3. The van der Waals surface area contributed by atoms with Crippen LogP contribution in [0.25, 0.3) is 0 Å². The summed E-state index contributed by atoms with van der Waals surface area (Å²) in [6.07, 6.45) is 5.22. The molecule has 0 radical (unpaired) electrons. The molecule has 0 aliphatic carbocycles. The molecule has 1 aliphatic heterocycles. The summed E-state index contributed by atoms with van der Waals surface area (Å²) < 4.78 is 8.38. The van der Waals surface area contributed by atoms with Crippen molar-refractivity contribution in [2.45, 2.75) is 51.4 Å². The maximum absolute atomic E-state index is 10.4. The fourth-order valence-electron chi connectivity index (χ4n) is 2.25. The van der Waals surface area contributed by atoms with E-state index in [1.54, 1.807) is 6.20 Å². The van der Waals surface area contributed by atoms with Crippen molar-refractivity contribution < 1.29 is 9.84 Å². The van der Waals surface area contributed by atoms with Gasteiger partial charge in [0.15, 0.2) is 0 Å². The number of rotatable bonds is 4. The monoisotopic (exact) mass is 302 g/mol. The molecule has 1 aliphatic rings. The molecular weight excluding hydrogens is 284 g/mol. The molecule has 2 atom stereocenters. The molecule has 2 unspecified atom stereocenters. The van der Waals surface area contributed by atoms with E-state index >= 15 is 0 Å². The van der Waals surface area contributed by atoms with Crippen molar-refractivity contribution in [2.75, 3.05) is 6.61 Å². The molecule has 1 N–H and O–H groups in total. The van der Waals surface area contributed by atoms with Gasteiger partial charge >= 0.3 is 0 Å². The molecule has 0 saturated carbocycles. The Morgan fingerprint density at radius 2 is 2.47 bits per heavy atom. The predicted molar refractivity (Wildman–Crippen MR) is 68.8 cm³/mol. The molecule has 1 aromatic rings. The molecule has 0 spiro atoms. The van der Waals surface area contributed by atoms with Crippen molar-refractivity contribution in [1.82, 2.24) is 9.78 Å². The van der Waals surface area contributed by atoms with Crippen LogP contribution in [0.5, 0.6) is 0 Å². The third-order valence-corrected chi connectivity index (χ3v) is 3.73. The fraction of sp³-hybridized carbons (Fsp3) is 0.750. The van der Waals surface area contributed by atoms with Gasteiger partial charge < -0.3 is 9.84 Å². The Hall–Kier alpha value is -0.390. The summed E-state index contributed by atoms with van der Waals surface area (Å²) in [6.45, 7) is 3.68. The van der Waals surface area contributed by atoms with Crippen LogP contribution in [-0.2, 0) is 11.3 Å². The Kier molecular flexibility index (Phi) is 4.59. The van der Waals surface area contributed by atoms with Crippen molar-refractivity contribution in [3.05, 3.63) is 16.4 Å². The minimum Gasteiger partial charge on any atom is -0.384 e. The average molecular weight is 303 g/mol. The Labute approximate surface area is 110 Å². The van der Waals surface area contributed by atoms with E-state index in [1.165, 1.54) is 0 Å². The van der Waals surface area contributed by atoms with Crippen LogP contribution in [0.3, 0.4) is 0 Å². The van der Waals surface area contributed by atoms with Crippen LogP contribution in [0.1, 0.15) is 44.4 Å². The number of aliphatic hydroxyl groups excluding tert-OH is 1. The highest BCUT2D eigenvalue weighted by molar-refractivity contribution is 9.10. The van der Waals surface area contributed by atoms with Gasteiger partial charge in [0.25, 0.3) is 0 Å². The molecule has 17 heavy (non-hydrogen) atoms. The Bertz CT molecular complexity index is 361. The molecule has 0 bridgehead atoms. The van der Waals surface area contributed by atoms with Crippen LogP contribution < -0.4 is 0 Å². The standard InChI is InChI=1S/C12H19BrN2O2/c1-2-6-15-11(9(13)8-14-15)12(16)10-5-3-4-7-17-10/h8,10,12,16H,2-7H2,1H3. The minimum atomic E-state index is -0.585. The van der Waals surface area contributed by atoms with Crippen molar-refractivity contribution >= 4 is 15.9 Å². The van der Waals surface area contributed by atoms with Gasteiger partial charge in [-0.2, -0.15) is 5.10 Å². The van der Waals surface area contributed by atoms with E-state index in [-0.39, 0.29) is 6.10 Å². The van der Waals surface area contributed by atoms with Crippen molar-refractivity contribution in [3.8, 4) is 0 Å². The summed E-state index contributed by atoms with van der Waals surface area (Å²) in [5.74, 6) is 0. The first kappa shape index (κ1) is 13.1. The largest absolute Gasteiger partial charge is 0.384 e. The quantitative estimate of drug-likeness (QED) is 0.930. The number of ether oxygens (including phenoxy) is 1. The summed E-state index contributed by atoms with van der Waals surface area (Å²) in [7, 11) is 0. The first-order valence-electron chi connectivity index (χ1n) is 6.25. The Balaban J connectivity index is 2.16. The first-order valence-corrected chi connectivity index (χ1v) is 7.04. The molecule has 2 rings (SSSR count). The van der Waals surface area contributed by atoms with Crippen molar-refractivity contribution in [3.63, 3.8) is 0 Å². The van der Waals surface area contributed by atoms with Gasteiger partial charge in [0.2, 0.25) is 0 Å². The van der Waals surface area contributed by atoms with Crippen LogP contribution in [0.15, 0.2) is 10.7 Å². The second kappa shape index (κ2) is 5.98. The molecular formula is C12H19BrN2O2. The highest BCUT2D eigenvalue weighted by atomic mass is 79.9. The summed E-state index contributed by atoms with van der Waals surface area (Å²) in [6, 6.07) is 0. The highest BCUT2D eigenvalue weighted by Gasteiger charge is 2.28. The van der Waals surface area contributed by atoms with Crippen LogP contribution in [0, 0.1) is 0 Å². The number of aryl methyl sites for hydroxylation is 1. The van der Waals surface area contributed by atoms with E-state index in [2.05, 4.69) is 28.0 Å². The lowest BCUT2D eigenvalue weighted by Gasteiger charge is -2.27. The normalized spacial score (nSPS) is 22.6. The maximum atomic E-state index is 10.4. The van der Waals surface area contributed by atoms with Gasteiger partial charge in [-0.1, -0.05) is 6.92 Å². The molecule has 2 heterocycles. The van der Waals surface area contributed by atoms with Crippen LogP contribution >= 0.6 is 15.9 Å². The number of aromatic nitrogens is 2. The van der Waals surface area contributed by atoms with Gasteiger partial charge in [-0.15, -0.1) is 0 Å². The van der Waals surface area contributed by atoms with E-state index in [0.29, 0.717) is 0 Å². The zero-order valence-electron chi connectivity index (χ0n) is 10.1. The summed E-state index contributed by atoms with van der Waals surface area (Å²) in [4.78, 5) is 0. The minimum absolute atomic E-state index is 0.0904. The lowest BCUT2D eigenvalue weighted by Crippen LogP contribution is -2.28. The van der Waals surface area contributed by atoms with Crippen molar-refractivity contribution in [2.24, 2.45) is 0 Å². The second-order valence-corrected chi connectivity index (χ2v) is 5.31. The van der Waals surface area contributed by atoms with Gasteiger partial charge in [-0.3, -0.25) is 4.68 Å². The molecule has 5 heteroatoms. The van der Waals surface area contributed by atoms with Gasteiger partial charge in [0.05, 0.1) is 22.5 Å². The van der Waals surface area contributed by atoms with E-state index < -0.39 is 6.10 Å². The highest BCUT2D eigenvalue weighted by Crippen LogP contribution is 2.31. The van der Waals surface area contributed by atoms with Gasteiger partial charge in [0, 0.05) is 13.2 Å². The molecule has 1 fully saturated rings. The zero-order valence-corrected chi connectivity index (χ0v) is 11.7. The van der Waals surface area contributed by atoms with Crippen LogP contribution in [0.4, 0.5) is 0 Å². The summed E-state index contributed by atoms with van der Waals surface area (Å²) in [5.41, 5.74) is 0.846. The topological polar surface area (TPSA) is 47.3 Å². The molecule has 96 valence electrons. The smallest absolute Gasteiger partial charge is 0.123 e. The van der Waals surface area contributed by atoms with Gasteiger partial charge in [-0.25, -0.2) is 0 Å². The third kappa shape index (κ3) is 2.89. The number of nitrogens with zero attached hydrogens (tertiary/aromatic N) is 2. The van der Waals surface area contributed by atoms with Gasteiger partial charge in [0.1, 0.15) is 6.10 Å². The number of hydrogen-bond donors (Lipinski definition) is 1. The summed E-state index contributed by atoms with van der Waals surface area (Å²) >= 11 is 3.46. The Morgan fingerprint density at radius 3 is 3.12 bits per heavy atom. The molecule has 1 saturated heterocycles. The van der Waals surface area contributed by atoms with E-state index in [4.69, 9.17) is 4.74 Å². The Morgan fingerprint density at radius 1 is 1.65 bits per heavy atom. The number of aliphatic hydroxyl groups is 1. The SMILES string of the molecule is CCCn1ncc(Br)c1C(O)C1CCCCO1. The van der Waals surface area contributed by atoms with Crippen molar-refractivity contribution in [1.29, 1.82) is 0 Å². The van der Waals surface area contributed by atoms with E-state index in [1.807, 2.05) is 4.68 Å². The fourth-order valence-corrected chi connectivity index (χ4v) is 2.78. The number of halogens is 1. The van der Waals surface area contributed by atoms with Crippen LogP contribution in [-0.4, -0.2) is 27.6 Å². The van der Waals surface area contributed by atoms with Gasteiger partial charge in [-0.05, 0) is 41.6 Å².